The summed E-state index contributed by atoms with van der Waals surface area (Å²) in [6.07, 6.45) is 6.80. The molecule has 0 radical (unpaired) electrons. The summed E-state index contributed by atoms with van der Waals surface area (Å²) in [5, 5.41) is 0. The first-order valence-electron chi connectivity index (χ1n) is 3.63. The number of ether oxygens (including phenoxy) is 1. The molecule has 1 heterocycles. The lowest BCUT2D eigenvalue weighted by Crippen LogP contribution is -2.00. The van der Waals surface area contributed by atoms with Crippen LogP contribution in [0.25, 0.3) is 0 Å². The van der Waals surface area contributed by atoms with E-state index in [9.17, 15) is 0 Å². The molecule has 1 rings (SSSR count). The van der Waals surface area contributed by atoms with Gasteiger partial charge in [0.2, 0.25) is 5.88 Å². The van der Waals surface area contributed by atoms with Crippen LogP contribution in [0.3, 0.4) is 0 Å². The third-order valence-electron chi connectivity index (χ3n) is 1.37. The second kappa shape index (κ2) is 3.63. The van der Waals surface area contributed by atoms with Gasteiger partial charge in [0.25, 0.3) is 0 Å². The number of nitrogens with zero attached hydrogens (tertiary/aromatic N) is 1. The molecule has 1 aromatic rings. The van der Waals surface area contributed by atoms with Gasteiger partial charge in [0, 0.05) is 6.20 Å². The Morgan fingerprint density at radius 2 is 2.50 bits per heavy atom. The van der Waals surface area contributed by atoms with Gasteiger partial charge in [-0.25, -0.2) is 4.98 Å². The summed E-state index contributed by atoms with van der Waals surface area (Å²) < 4.78 is 5.18. The van der Waals surface area contributed by atoms with Crippen LogP contribution < -0.4 is 10.5 Å². The van der Waals surface area contributed by atoms with Crippen molar-refractivity contribution in [1.29, 1.82) is 0 Å². The zero-order chi connectivity index (χ0) is 8.97. The maximum atomic E-state index is 5.60. The van der Waals surface area contributed by atoms with E-state index in [1.165, 1.54) is 0 Å². The fourth-order valence-corrected chi connectivity index (χ4v) is 0.848. The largest absolute Gasteiger partial charge is 0.477 e. The predicted molar refractivity (Wildman–Crippen MR) is 47.8 cm³/mol. The Morgan fingerprint density at radius 3 is 3.08 bits per heavy atom. The SMILES string of the molecule is C#Cc1c(N)ccnc1OCC. The Bertz CT molecular complexity index is 315. The second-order valence-corrected chi connectivity index (χ2v) is 2.16. The first kappa shape index (κ1) is 8.41. The Hall–Kier alpha value is -1.69. The van der Waals surface area contributed by atoms with Crippen molar-refractivity contribution >= 4 is 5.69 Å². The number of rotatable bonds is 2. The average Bonchev–Trinajstić information content (AvgIpc) is 2.05. The van der Waals surface area contributed by atoms with Crippen molar-refractivity contribution in [2.24, 2.45) is 0 Å². The quantitative estimate of drug-likeness (QED) is 0.661. The Morgan fingerprint density at radius 1 is 1.75 bits per heavy atom. The van der Waals surface area contributed by atoms with Crippen molar-refractivity contribution in [1.82, 2.24) is 4.98 Å². The molecule has 0 aromatic carbocycles. The topological polar surface area (TPSA) is 48.1 Å². The predicted octanol–water partition coefficient (Wildman–Crippen LogP) is 1.04. The van der Waals surface area contributed by atoms with Crippen molar-refractivity contribution in [2.75, 3.05) is 12.3 Å². The van der Waals surface area contributed by atoms with Gasteiger partial charge in [0.1, 0.15) is 5.56 Å². The van der Waals surface area contributed by atoms with E-state index < -0.39 is 0 Å². The number of aromatic nitrogens is 1. The average molecular weight is 162 g/mol. The first-order chi connectivity index (χ1) is 5.79. The van der Waals surface area contributed by atoms with Gasteiger partial charge in [-0.3, -0.25) is 0 Å². The molecule has 0 unspecified atom stereocenters. The first-order valence-corrected chi connectivity index (χ1v) is 3.63. The van der Waals surface area contributed by atoms with Crippen LogP contribution in [0, 0.1) is 12.3 Å². The fraction of sp³-hybridized carbons (Fsp3) is 0.222. The number of terminal acetylenes is 1. The molecule has 0 fully saturated rings. The van der Waals surface area contributed by atoms with Gasteiger partial charge in [-0.15, -0.1) is 6.42 Å². The normalized spacial score (nSPS) is 9.00. The summed E-state index contributed by atoms with van der Waals surface area (Å²) in [6, 6.07) is 1.65. The highest BCUT2D eigenvalue weighted by molar-refractivity contribution is 5.59. The minimum absolute atomic E-state index is 0.431. The standard InChI is InChI=1S/C9H10N2O/c1-3-7-8(10)5-6-11-9(7)12-4-2/h1,5-6H,4H2,2H3,(H2,10,11). The second-order valence-electron chi connectivity index (χ2n) is 2.16. The van der Waals surface area contributed by atoms with E-state index in [1.54, 1.807) is 12.3 Å². The Balaban J connectivity index is 3.11. The lowest BCUT2D eigenvalue weighted by molar-refractivity contribution is 0.326. The molecule has 0 spiro atoms. The summed E-state index contributed by atoms with van der Waals surface area (Å²) >= 11 is 0. The van der Waals surface area contributed by atoms with Gasteiger partial charge in [-0.2, -0.15) is 0 Å². The smallest absolute Gasteiger partial charge is 0.231 e. The fourth-order valence-electron chi connectivity index (χ4n) is 0.848. The Labute approximate surface area is 71.6 Å². The minimum Gasteiger partial charge on any atom is -0.477 e. The highest BCUT2D eigenvalue weighted by atomic mass is 16.5. The molecule has 12 heavy (non-hydrogen) atoms. The summed E-state index contributed by atoms with van der Waals surface area (Å²) in [5.41, 5.74) is 6.65. The molecule has 0 atom stereocenters. The maximum Gasteiger partial charge on any atom is 0.231 e. The molecular weight excluding hydrogens is 152 g/mol. The third-order valence-corrected chi connectivity index (χ3v) is 1.37. The molecule has 0 bridgehead atoms. The highest BCUT2D eigenvalue weighted by Crippen LogP contribution is 2.19. The molecule has 2 N–H and O–H groups in total. The van der Waals surface area contributed by atoms with E-state index in [-0.39, 0.29) is 0 Å². The van der Waals surface area contributed by atoms with Crippen LogP contribution in [-0.2, 0) is 0 Å². The lowest BCUT2D eigenvalue weighted by atomic mass is 10.2. The summed E-state index contributed by atoms with van der Waals surface area (Å²) in [7, 11) is 0. The number of hydrogen-bond donors (Lipinski definition) is 1. The van der Waals surface area contributed by atoms with Crippen LogP contribution in [0.1, 0.15) is 12.5 Å². The summed E-state index contributed by atoms with van der Waals surface area (Å²) in [6.45, 7) is 2.40. The lowest BCUT2D eigenvalue weighted by Gasteiger charge is -2.05. The van der Waals surface area contributed by atoms with Crippen molar-refractivity contribution < 1.29 is 4.74 Å². The van der Waals surface area contributed by atoms with Crippen LogP contribution in [0.5, 0.6) is 5.88 Å². The van der Waals surface area contributed by atoms with E-state index in [1.807, 2.05) is 6.92 Å². The molecule has 0 aliphatic carbocycles. The number of nitrogen functional groups attached to an aromatic ring is 1. The summed E-state index contributed by atoms with van der Waals surface area (Å²) in [5.74, 6) is 2.87. The molecule has 0 saturated carbocycles. The van der Waals surface area contributed by atoms with Crippen LogP contribution in [0.4, 0.5) is 5.69 Å². The van der Waals surface area contributed by atoms with E-state index in [4.69, 9.17) is 16.9 Å². The zero-order valence-corrected chi connectivity index (χ0v) is 6.87. The van der Waals surface area contributed by atoms with Gasteiger partial charge in [-0.1, -0.05) is 5.92 Å². The molecule has 3 nitrogen and oxygen atoms in total. The van der Waals surface area contributed by atoms with Gasteiger partial charge in [-0.05, 0) is 13.0 Å². The van der Waals surface area contributed by atoms with Gasteiger partial charge in [0.05, 0.1) is 12.3 Å². The van der Waals surface area contributed by atoms with Crippen LogP contribution in [0.2, 0.25) is 0 Å². The van der Waals surface area contributed by atoms with E-state index in [0.717, 1.165) is 0 Å². The maximum absolute atomic E-state index is 5.60. The number of pyridine rings is 1. The number of hydrogen-bond acceptors (Lipinski definition) is 3. The van der Waals surface area contributed by atoms with Crippen LogP contribution in [-0.4, -0.2) is 11.6 Å². The van der Waals surface area contributed by atoms with Crippen molar-refractivity contribution in [3.63, 3.8) is 0 Å². The molecule has 0 aliphatic heterocycles. The molecule has 0 aliphatic rings. The number of anilines is 1. The van der Waals surface area contributed by atoms with E-state index in [2.05, 4.69) is 10.9 Å². The monoisotopic (exact) mass is 162 g/mol. The van der Waals surface area contributed by atoms with Crippen molar-refractivity contribution in [3.8, 4) is 18.2 Å². The Kier molecular flexibility index (Phi) is 2.54. The van der Waals surface area contributed by atoms with Crippen molar-refractivity contribution in [2.45, 2.75) is 6.92 Å². The van der Waals surface area contributed by atoms with E-state index in [0.29, 0.717) is 23.7 Å². The molecule has 0 amide bonds. The van der Waals surface area contributed by atoms with Gasteiger partial charge < -0.3 is 10.5 Å². The van der Waals surface area contributed by atoms with Crippen LogP contribution in [0.15, 0.2) is 12.3 Å². The van der Waals surface area contributed by atoms with Gasteiger partial charge in [0.15, 0.2) is 0 Å². The zero-order valence-electron chi connectivity index (χ0n) is 6.87. The van der Waals surface area contributed by atoms with Crippen LogP contribution >= 0.6 is 0 Å². The summed E-state index contributed by atoms with van der Waals surface area (Å²) in [4.78, 5) is 3.96. The third kappa shape index (κ3) is 1.48. The highest BCUT2D eigenvalue weighted by Gasteiger charge is 2.04. The van der Waals surface area contributed by atoms with E-state index >= 15 is 0 Å². The molecule has 3 heteroatoms. The molecule has 0 saturated heterocycles. The minimum atomic E-state index is 0.431. The molecular formula is C9H10N2O. The molecule has 1 aromatic heterocycles. The number of nitrogens with two attached hydrogens (primary N) is 1. The molecule has 62 valence electrons. The van der Waals surface area contributed by atoms with Gasteiger partial charge >= 0.3 is 0 Å². The van der Waals surface area contributed by atoms with Crippen molar-refractivity contribution in [3.05, 3.63) is 17.8 Å².